The summed E-state index contributed by atoms with van der Waals surface area (Å²) in [5.41, 5.74) is 2.51. The second kappa shape index (κ2) is 8.99. The van der Waals surface area contributed by atoms with E-state index in [1.54, 1.807) is 6.20 Å². The summed E-state index contributed by atoms with van der Waals surface area (Å²) < 4.78 is 1.86. The van der Waals surface area contributed by atoms with Crippen LogP contribution in [-0.2, 0) is 11.3 Å². The lowest BCUT2D eigenvalue weighted by molar-refractivity contribution is -0.120. The molecule has 2 heterocycles. The number of amides is 2. The molecule has 5 rings (SSSR count). The molecule has 6 heteroatoms. The normalized spacial score (nSPS) is 22.4. The van der Waals surface area contributed by atoms with E-state index in [0.717, 1.165) is 36.9 Å². The zero-order valence-corrected chi connectivity index (χ0v) is 18.1. The molecule has 1 saturated carbocycles. The molecule has 3 aromatic rings. The molecule has 1 N–H and O–H groups in total. The quantitative estimate of drug-likeness (QED) is 0.657. The fraction of sp³-hybridized carbons (Fsp3) is 0.346. The monoisotopic (exact) mass is 428 g/mol. The predicted octanol–water partition coefficient (Wildman–Crippen LogP) is 4.34. The van der Waals surface area contributed by atoms with Gasteiger partial charge in [0.2, 0.25) is 5.91 Å². The maximum Gasteiger partial charge on any atom is 0.254 e. The summed E-state index contributed by atoms with van der Waals surface area (Å²) in [5, 5.41) is 7.29. The van der Waals surface area contributed by atoms with Crippen molar-refractivity contribution >= 4 is 17.5 Å². The molecule has 32 heavy (non-hydrogen) atoms. The van der Waals surface area contributed by atoms with Gasteiger partial charge in [-0.1, -0.05) is 43.2 Å². The van der Waals surface area contributed by atoms with Crippen LogP contribution in [0, 0.1) is 5.92 Å². The SMILES string of the molecule is O=C(Nc1ccc(Cn2cccn2)cc1)C1CC2CCCCC2N1C(=O)c1ccccc1. The van der Waals surface area contributed by atoms with E-state index in [9.17, 15) is 9.59 Å². The standard InChI is InChI=1S/C26H28N4O2/c31-25(28-22-13-11-19(12-14-22)18-29-16-6-15-27-29)24-17-21-9-4-5-10-23(21)30(24)26(32)20-7-2-1-3-8-20/h1-3,6-8,11-16,21,23-24H,4-5,9-10,17-18H2,(H,28,31). The Morgan fingerprint density at radius 2 is 1.75 bits per heavy atom. The molecule has 1 aliphatic heterocycles. The first-order valence-electron chi connectivity index (χ1n) is 11.4. The molecule has 2 fully saturated rings. The van der Waals surface area contributed by atoms with E-state index in [-0.39, 0.29) is 17.9 Å². The van der Waals surface area contributed by atoms with Gasteiger partial charge in [0, 0.05) is 29.7 Å². The third-order valence-electron chi connectivity index (χ3n) is 6.77. The number of carbonyl (C=O) groups is 2. The number of fused-ring (bicyclic) bond motifs is 1. The Kier molecular flexibility index (Phi) is 5.75. The Morgan fingerprint density at radius 1 is 0.969 bits per heavy atom. The summed E-state index contributed by atoms with van der Waals surface area (Å²) in [5.74, 6) is 0.279. The first kappa shape index (κ1) is 20.5. The molecule has 0 radical (unpaired) electrons. The summed E-state index contributed by atoms with van der Waals surface area (Å²) in [6.07, 6.45) is 8.80. The summed E-state index contributed by atoms with van der Waals surface area (Å²) >= 11 is 0. The van der Waals surface area contributed by atoms with Crippen molar-refractivity contribution in [3.63, 3.8) is 0 Å². The number of carbonyl (C=O) groups excluding carboxylic acids is 2. The second-order valence-corrected chi connectivity index (χ2v) is 8.83. The minimum atomic E-state index is -0.431. The van der Waals surface area contributed by atoms with E-state index in [1.807, 2.05) is 76.4 Å². The second-order valence-electron chi connectivity index (χ2n) is 8.83. The maximum absolute atomic E-state index is 13.4. The molecule has 1 saturated heterocycles. The molecule has 3 unspecified atom stereocenters. The largest absolute Gasteiger partial charge is 0.324 e. The fourth-order valence-corrected chi connectivity index (χ4v) is 5.22. The lowest BCUT2D eigenvalue weighted by atomic mass is 9.84. The van der Waals surface area contributed by atoms with Gasteiger partial charge in [-0.05, 0) is 61.1 Å². The third-order valence-corrected chi connectivity index (χ3v) is 6.77. The van der Waals surface area contributed by atoms with Crippen LogP contribution in [0.3, 0.4) is 0 Å². The van der Waals surface area contributed by atoms with Crippen LogP contribution >= 0.6 is 0 Å². The number of benzene rings is 2. The summed E-state index contributed by atoms with van der Waals surface area (Å²) in [6.45, 7) is 0.687. The van der Waals surface area contributed by atoms with Crippen molar-refractivity contribution in [1.29, 1.82) is 0 Å². The summed E-state index contributed by atoms with van der Waals surface area (Å²) in [4.78, 5) is 28.6. The van der Waals surface area contributed by atoms with Gasteiger partial charge in [0.25, 0.3) is 5.91 Å². The van der Waals surface area contributed by atoms with E-state index in [0.29, 0.717) is 18.0 Å². The molecular formula is C26H28N4O2. The van der Waals surface area contributed by atoms with Crippen molar-refractivity contribution in [2.75, 3.05) is 5.32 Å². The Morgan fingerprint density at radius 3 is 2.50 bits per heavy atom. The van der Waals surface area contributed by atoms with E-state index < -0.39 is 6.04 Å². The number of nitrogens with one attached hydrogen (secondary N) is 1. The number of nitrogens with zero attached hydrogens (tertiary/aromatic N) is 3. The number of aromatic nitrogens is 2. The van der Waals surface area contributed by atoms with Gasteiger partial charge in [-0.15, -0.1) is 0 Å². The van der Waals surface area contributed by atoms with Gasteiger partial charge in [-0.2, -0.15) is 5.10 Å². The van der Waals surface area contributed by atoms with Crippen LogP contribution in [0.4, 0.5) is 5.69 Å². The molecular weight excluding hydrogens is 400 g/mol. The lowest BCUT2D eigenvalue weighted by Gasteiger charge is -2.33. The Balaban J connectivity index is 1.32. The van der Waals surface area contributed by atoms with Gasteiger partial charge in [0.1, 0.15) is 6.04 Å². The minimum absolute atomic E-state index is 0.0327. The highest BCUT2D eigenvalue weighted by molar-refractivity contribution is 6.01. The van der Waals surface area contributed by atoms with E-state index in [1.165, 1.54) is 6.42 Å². The molecule has 0 spiro atoms. The number of likely N-dealkylation sites (tertiary alicyclic amines) is 1. The van der Waals surface area contributed by atoms with Crippen LogP contribution in [0.1, 0.15) is 48.0 Å². The van der Waals surface area contributed by atoms with Gasteiger partial charge in [0.05, 0.1) is 6.54 Å². The van der Waals surface area contributed by atoms with Crippen LogP contribution in [0.15, 0.2) is 73.1 Å². The molecule has 164 valence electrons. The summed E-state index contributed by atoms with van der Waals surface area (Å²) in [6, 6.07) is 18.8. The van der Waals surface area contributed by atoms with Crippen LogP contribution < -0.4 is 5.32 Å². The molecule has 2 aliphatic rings. The average Bonchev–Trinajstić information content (AvgIpc) is 3.48. The number of rotatable bonds is 5. The molecule has 2 amide bonds. The van der Waals surface area contributed by atoms with Gasteiger partial charge in [-0.25, -0.2) is 0 Å². The van der Waals surface area contributed by atoms with Crippen LogP contribution in [0.2, 0.25) is 0 Å². The van der Waals surface area contributed by atoms with E-state index in [2.05, 4.69) is 10.4 Å². The van der Waals surface area contributed by atoms with E-state index in [4.69, 9.17) is 0 Å². The van der Waals surface area contributed by atoms with Crippen molar-refractivity contribution in [3.8, 4) is 0 Å². The van der Waals surface area contributed by atoms with Crippen LogP contribution in [-0.4, -0.2) is 38.6 Å². The zero-order chi connectivity index (χ0) is 21.9. The smallest absolute Gasteiger partial charge is 0.254 e. The highest BCUT2D eigenvalue weighted by atomic mass is 16.2. The molecule has 1 aromatic heterocycles. The minimum Gasteiger partial charge on any atom is -0.324 e. The number of hydrogen-bond donors (Lipinski definition) is 1. The highest BCUT2D eigenvalue weighted by Gasteiger charge is 2.47. The fourth-order valence-electron chi connectivity index (χ4n) is 5.22. The maximum atomic E-state index is 13.4. The number of hydrogen-bond acceptors (Lipinski definition) is 3. The predicted molar refractivity (Wildman–Crippen MR) is 123 cm³/mol. The lowest BCUT2D eigenvalue weighted by Crippen LogP contribution is -2.47. The van der Waals surface area contributed by atoms with Gasteiger partial charge in [-0.3, -0.25) is 14.3 Å². The van der Waals surface area contributed by atoms with Gasteiger partial charge < -0.3 is 10.2 Å². The summed E-state index contributed by atoms with van der Waals surface area (Å²) in [7, 11) is 0. The molecule has 2 aromatic carbocycles. The third kappa shape index (κ3) is 4.17. The van der Waals surface area contributed by atoms with Crippen molar-refractivity contribution in [1.82, 2.24) is 14.7 Å². The van der Waals surface area contributed by atoms with Crippen molar-refractivity contribution in [2.45, 2.75) is 50.7 Å². The van der Waals surface area contributed by atoms with Crippen molar-refractivity contribution in [3.05, 3.63) is 84.2 Å². The topological polar surface area (TPSA) is 67.2 Å². The molecule has 0 bridgehead atoms. The van der Waals surface area contributed by atoms with Gasteiger partial charge in [0.15, 0.2) is 0 Å². The highest BCUT2D eigenvalue weighted by Crippen LogP contribution is 2.40. The Labute approximate surface area is 188 Å². The molecule has 1 aliphatic carbocycles. The van der Waals surface area contributed by atoms with Crippen LogP contribution in [0.5, 0.6) is 0 Å². The van der Waals surface area contributed by atoms with Crippen molar-refractivity contribution < 1.29 is 9.59 Å². The first-order valence-corrected chi connectivity index (χ1v) is 11.4. The first-order chi connectivity index (χ1) is 15.7. The Hall–Kier alpha value is -3.41. The van der Waals surface area contributed by atoms with Crippen molar-refractivity contribution in [2.24, 2.45) is 5.92 Å². The molecule has 6 nitrogen and oxygen atoms in total. The van der Waals surface area contributed by atoms with Crippen LogP contribution in [0.25, 0.3) is 0 Å². The average molecular weight is 429 g/mol. The number of anilines is 1. The Bertz CT molecular complexity index is 1060. The van der Waals surface area contributed by atoms with Gasteiger partial charge >= 0.3 is 0 Å². The molecule has 3 atom stereocenters. The zero-order valence-electron chi connectivity index (χ0n) is 18.1. The van der Waals surface area contributed by atoms with E-state index >= 15 is 0 Å².